The van der Waals surface area contributed by atoms with Crippen LogP contribution in [-0.4, -0.2) is 24.7 Å². The van der Waals surface area contributed by atoms with E-state index < -0.39 is 0 Å². The van der Waals surface area contributed by atoms with Crippen molar-refractivity contribution in [2.24, 2.45) is 11.7 Å². The Morgan fingerprint density at radius 3 is 2.68 bits per heavy atom. The fourth-order valence-corrected chi connectivity index (χ4v) is 2.14. The zero-order valence-electron chi connectivity index (χ0n) is 11.7. The van der Waals surface area contributed by atoms with Gasteiger partial charge in [0.1, 0.15) is 11.6 Å². The van der Waals surface area contributed by atoms with E-state index in [0.29, 0.717) is 12.5 Å². The quantitative estimate of drug-likeness (QED) is 0.866. The van der Waals surface area contributed by atoms with Crippen molar-refractivity contribution in [2.75, 3.05) is 19.0 Å². The second-order valence-electron chi connectivity index (χ2n) is 4.95. The molecular weight excluding hydrogens is 238 g/mol. The molecule has 2 aromatic rings. The van der Waals surface area contributed by atoms with Gasteiger partial charge in [-0.15, -0.1) is 0 Å². The van der Waals surface area contributed by atoms with Crippen molar-refractivity contribution in [1.82, 2.24) is 4.98 Å². The normalized spacial score (nSPS) is 12.7. The predicted molar refractivity (Wildman–Crippen MR) is 79.6 cm³/mol. The zero-order valence-corrected chi connectivity index (χ0v) is 11.7. The van der Waals surface area contributed by atoms with E-state index in [0.717, 1.165) is 22.3 Å². The summed E-state index contributed by atoms with van der Waals surface area (Å²) in [6.07, 6.45) is 1.79. The van der Waals surface area contributed by atoms with E-state index in [-0.39, 0.29) is 6.04 Å². The Bertz CT molecular complexity index is 554. The molecule has 0 radical (unpaired) electrons. The van der Waals surface area contributed by atoms with Crippen molar-refractivity contribution in [2.45, 2.75) is 19.9 Å². The highest BCUT2D eigenvalue weighted by Crippen LogP contribution is 2.29. The van der Waals surface area contributed by atoms with Gasteiger partial charge < -0.3 is 15.8 Å². The fourth-order valence-electron chi connectivity index (χ4n) is 2.14. The van der Waals surface area contributed by atoms with E-state index in [1.807, 2.05) is 24.3 Å². The maximum atomic E-state index is 5.81. The number of rotatable bonds is 5. The smallest absolute Gasteiger partial charge is 0.134 e. The Morgan fingerprint density at radius 2 is 2.05 bits per heavy atom. The first-order valence-electron chi connectivity index (χ1n) is 6.55. The van der Waals surface area contributed by atoms with Crippen LogP contribution in [0.5, 0.6) is 5.75 Å². The van der Waals surface area contributed by atoms with Crippen LogP contribution in [0.4, 0.5) is 5.82 Å². The van der Waals surface area contributed by atoms with Gasteiger partial charge in [-0.05, 0) is 18.1 Å². The molecule has 4 nitrogen and oxygen atoms in total. The summed E-state index contributed by atoms with van der Waals surface area (Å²) in [7, 11) is 1.68. The highest BCUT2D eigenvalue weighted by atomic mass is 16.5. The van der Waals surface area contributed by atoms with Crippen LogP contribution >= 0.6 is 0 Å². The van der Waals surface area contributed by atoms with Crippen LogP contribution in [0.15, 0.2) is 30.5 Å². The lowest BCUT2D eigenvalue weighted by molar-refractivity contribution is 0.420. The van der Waals surface area contributed by atoms with Crippen molar-refractivity contribution in [3.05, 3.63) is 30.5 Å². The largest absolute Gasteiger partial charge is 0.496 e. The summed E-state index contributed by atoms with van der Waals surface area (Å²) < 4.78 is 5.38. The van der Waals surface area contributed by atoms with Crippen LogP contribution < -0.4 is 15.8 Å². The van der Waals surface area contributed by atoms with Crippen LogP contribution in [0, 0.1) is 5.92 Å². The Labute approximate surface area is 114 Å². The van der Waals surface area contributed by atoms with Crippen LogP contribution in [0.3, 0.4) is 0 Å². The SMILES string of the molecule is COc1cccc2c(NC(CN)C(C)C)nccc12. The topological polar surface area (TPSA) is 60.2 Å². The molecule has 2 rings (SSSR count). The fraction of sp³-hybridized carbons (Fsp3) is 0.400. The zero-order chi connectivity index (χ0) is 13.8. The third-order valence-electron chi connectivity index (χ3n) is 3.37. The van der Waals surface area contributed by atoms with Gasteiger partial charge in [0.15, 0.2) is 0 Å². The summed E-state index contributed by atoms with van der Waals surface area (Å²) in [5, 5.41) is 5.54. The molecule has 0 saturated carbocycles. The number of methoxy groups -OCH3 is 1. The standard InChI is InChI=1S/C15H21N3O/c1-10(2)13(9-16)18-15-12-5-4-6-14(19-3)11(12)7-8-17-15/h4-8,10,13H,9,16H2,1-3H3,(H,17,18). The number of nitrogens with zero attached hydrogens (tertiary/aromatic N) is 1. The predicted octanol–water partition coefficient (Wildman–Crippen LogP) is 2.64. The van der Waals surface area contributed by atoms with E-state index in [9.17, 15) is 0 Å². The summed E-state index contributed by atoms with van der Waals surface area (Å²) in [5.41, 5.74) is 5.81. The Balaban J connectivity index is 2.44. The number of pyridine rings is 1. The van der Waals surface area contributed by atoms with Crippen molar-refractivity contribution < 1.29 is 4.74 Å². The van der Waals surface area contributed by atoms with E-state index in [1.165, 1.54) is 0 Å². The molecule has 0 bridgehead atoms. The summed E-state index contributed by atoms with van der Waals surface area (Å²) >= 11 is 0. The molecule has 0 amide bonds. The summed E-state index contributed by atoms with van der Waals surface area (Å²) in [6.45, 7) is 4.88. The van der Waals surface area contributed by atoms with Gasteiger partial charge in [-0.3, -0.25) is 0 Å². The van der Waals surface area contributed by atoms with Gasteiger partial charge >= 0.3 is 0 Å². The van der Waals surface area contributed by atoms with Gasteiger partial charge in [-0.2, -0.15) is 0 Å². The molecule has 0 aliphatic carbocycles. The van der Waals surface area contributed by atoms with Gasteiger partial charge in [0.25, 0.3) is 0 Å². The van der Waals surface area contributed by atoms with Gasteiger partial charge in [-0.25, -0.2) is 4.98 Å². The third-order valence-corrected chi connectivity index (χ3v) is 3.37. The Kier molecular flexibility index (Phi) is 4.22. The summed E-state index contributed by atoms with van der Waals surface area (Å²) in [5.74, 6) is 2.17. The molecule has 102 valence electrons. The van der Waals surface area contributed by atoms with E-state index in [2.05, 4.69) is 24.1 Å². The van der Waals surface area contributed by atoms with Crippen LogP contribution in [-0.2, 0) is 0 Å². The first-order chi connectivity index (χ1) is 9.17. The molecule has 1 atom stereocenters. The number of hydrogen-bond donors (Lipinski definition) is 2. The molecule has 0 fully saturated rings. The average molecular weight is 259 g/mol. The molecule has 1 unspecified atom stereocenters. The maximum absolute atomic E-state index is 5.81. The van der Waals surface area contributed by atoms with E-state index in [1.54, 1.807) is 13.3 Å². The Hall–Kier alpha value is -1.81. The monoisotopic (exact) mass is 259 g/mol. The lowest BCUT2D eigenvalue weighted by atomic mass is 10.0. The molecule has 19 heavy (non-hydrogen) atoms. The van der Waals surface area contributed by atoms with Crippen LogP contribution in [0.2, 0.25) is 0 Å². The molecule has 1 aromatic heterocycles. The minimum Gasteiger partial charge on any atom is -0.496 e. The first-order valence-corrected chi connectivity index (χ1v) is 6.55. The molecule has 4 heteroatoms. The Morgan fingerprint density at radius 1 is 1.26 bits per heavy atom. The van der Waals surface area contributed by atoms with Crippen molar-refractivity contribution in [3.8, 4) is 5.75 Å². The highest BCUT2D eigenvalue weighted by molar-refractivity contribution is 5.95. The summed E-state index contributed by atoms with van der Waals surface area (Å²) in [4.78, 5) is 4.43. The number of fused-ring (bicyclic) bond motifs is 1. The molecule has 0 aliphatic rings. The molecule has 3 N–H and O–H groups in total. The van der Waals surface area contributed by atoms with Crippen molar-refractivity contribution in [3.63, 3.8) is 0 Å². The summed E-state index contributed by atoms with van der Waals surface area (Å²) in [6, 6.07) is 8.15. The number of benzene rings is 1. The maximum Gasteiger partial charge on any atom is 0.134 e. The van der Waals surface area contributed by atoms with Gasteiger partial charge in [0.05, 0.1) is 7.11 Å². The number of ether oxygens (including phenoxy) is 1. The lowest BCUT2D eigenvalue weighted by Gasteiger charge is -2.22. The molecule has 1 aromatic carbocycles. The number of aromatic nitrogens is 1. The second-order valence-corrected chi connectivity index (χ2v) is 4.95. The number of hydrogen-bond acceptors (Lipinski definition) is 4. The van der Waals surface area contributed by atoms with Gasteiger partial charge in [-0.1, -0.05) is 26.0 Å². The lowest BCUT2D eigenvalue weighted by Crippen LogP contribution is -2.34. The molecule has 0 aliphatic heterocycles. The van der Waals surface area contributed by atoms with E-state index in [4.69, 9.17) is 10.5 Å². The molecular formula is C15H21N3O. The number of nitrogens with one attached hydrogen (secondary N) is 1. The molecule has 1 heterocycles. The molecule has 0 spiro atoms. The van der Waals surface area contributed by atoms with Crippen molar-refractivity contribution >= 4 is 16.6 Å². The third kappa shape index (κ3) is 2.79. The average Bonchev–Trinajstić information content (AvgIpc) is 2.43. The van der Waals surface area contributed by atoms with Crippen LogP contribution in [0.25, 0.3) is 10.8 Å². The second kappa shape index (κ2) is 5.89. The van der Waals surface area contributed by atoms with E-state index >= 15 is 0 Å². The minimum absolute atomic E-state index is 0.212. The number of nitrogens with two attached hydrogens (primary N) is 1. The van der Waals surface area contributed by atoms with Crippen molar-refractivity contribution in [1.29, 1.82) is 0 Å². The minimum atomic E-state index is 0.212. The number of anilines is 1. The van der Waals surface area contributed by atoms with Gasteiger partial charge in [0.2, 0.25) is 0 Å². The van der Waals surface area contributed by atoms with Crippen LogP contribution in [0.1, 0.15) is 13.8 Å². The highest BCUT2D eigenvalue weighted by Gasteiger charge is 2.14. The van der Waals surface area contributed by atoms with Gasteiger partial charge in [0, 0.05) is 29.6 Å². The first kappa shape index (κ1) is 13.6. The molecule has 0 saturated heterocycles.